The largest absolute Gasteiger partial charge is 0.321 e. The standard InChI is InChI=1S/C16H14N2OS/c1-11-5-3-4-6-15(11)18-16(19)13(10-17)9-14-8-7-12(2)20-14/h3-9H,1-2H3,(H,18,19). The zero-order valence-electron chi connectivity index (χ0n) is 11.3. The molecular formula is C16H14N2OS. The lowest BCUT2D eigenvalue weighted by atomic mass is 10.2. The average molecular weight is 282 g/mol. The van der Waals surface area contributed by atoms with Crippen LogP contribution in [0.2, 0.25) is 0 Å². The minimum absolute atomic E-state index is 0.107. The fourth-order valence-corrected chi connectivity index (χ4v) is 2.55. The summed E-state index contributed by atoms with van der Waals surface area (Å²) in [5.41, 5.74) is 1.79. The van der Waals surface area contributed by atoms with E-state index in [1.54, 1.807) is 17.4 Å². The number of para-hydroxylation sites is 1. The van der Waals surface area contributed by atoms with Crippen molar-refractivity contribution in [2.45, 2.75) is 13.8 Å². The first-order valence-electron chi connectivity index (χ1n) is 6.15. The fraction of sp³-hybridized carbons (Fsp3) is 0.125. The van der Waals surface area contributed by atoms with Gasteiger partial charge in [0.15, 0.2) is 0 Å². The number of hydrogen-bond acceptors (Lipinski definition) is 3. The highest BCUT2D eigenvalue weighted by molar-refractivity contribution is 7.12. The molecule has 0 atom stereocenters. The molecule has 0 unspecified atom stereocenters. The van der Waals surface area contributed by atoms with E-state index in [0.717, 1.165) is 21.0 Å². The first-order chi connectivity index (χ1) is 9.60. The van der Waals surface area contributed by atoms with E-state index in [9.17, 15) is 4.79 Å². The van der Waals surface area contributed by atoms with Crippen molar-refractivity contribution < 1.29 is 4.79 Å². The maximum absolute atomic E-state index is 12.1. The molecule has 0 fully saturated rings. The summed E-state index contributed by atoms with van der Waals surface area (Å²) in [5, 5.41) is 11.9. The molecule has 20 heavy (non-hydrogen) atoms. The Morgan fingerprint density at radius 2 is 2.00 bits per heavy atom. The molecule has 0 spiro atoms. The minimum Gasteiger partial charge on any atom is -0.321 e. The van der Waals surface area contributed by atoms with Gasteiger partial charge in [-0.2, -0.15) is 5.26 Å². The van der Waals surface area contributed by atoms with Gasteiger partial charge in [-0.05, 0) is 43.7 Å². The van der Waals surface area contributed by atoms with Crippen LogP contribution in [0.25, 0.3) is 6.08 Å². The Kier molecular flexibility index (Phi) is 4.34. The Balaban J connectivity index is 2.21. The molecule has 0 aliphatic carbocycles. The second kappa shape index (κ2) is 6.18. The molecule has 0 aliphatic heterocycles. The zero-order valence-corrected chi connectivity index (χ0v) is 12.1. The number of thiophene rings is 1. The van der Waals surface area contributed by atoms with E-state index in [0.29, 0.717) is 0 Å². The number of benzene rings is 1. The molecule has 2 aromatic rings. The van der Waals surface area contributed by atoms with E-state index in [1.807, 2.05) is 56.3 Å². The van der Waals surface area contributed by atoms with Gasteiger partial charge in [-0.25, -0.2) is 0 Å². The number of carbonyl (C=O) groups excluding carboxylic acids is 1. The van der Waals surface area contributed by atoms with Gasteiger partial charge in [0, 0.05) is 15.4 Å². The Morgan fingerprint density at radius 3 is 2.60 bits per heavy atom. The molecule has 0 saturated heterocycles. The van der Waals surface area contributed by atoms with Gasteiger partial charge >= 0.3 is 0 Å². The normalized spacial score (nSPS) is 10.9. The van der Waals surface area contributed by atoms with Crippen LogP contribution in [0.4, 0.5) is 5.69 Å². The van der Waals surface area contributed by atoms with Crippen LogP contribution in [-0.2, 0) is 4.79 Å². The molecule has 1 aromatic carbocycles. The summed E-state index contributed by atoms with van der Waals surface area (Å²) in [5.74, 6) is -0.382. The first-order valence-corrected chi connectivity index (χ1v) is 6.97. The molecule has 1 amide bonds. The van der Waals surface area contributed by atoms with Crippen molar-refractivity contribution in [3.63, 3.8) is 0 Å². The van der Waals surface area contributed by atoms with Gasteiger partial charge in [-0.15, -0.1) is 11.3 Å². The first kappa shape index (κ1) is 14.0. The number of hydrogen-bond donors (Lipinski definition) is 1. The van der Waals surface area contributed by atoms with E-state index >= 15 is 0 Å². The number of anilines is 1. The predicted octanol–water partition coefficient (Wildman–Crippen LogP) is 3.91. The number of amides is 1. The summed E-state index contributed by atoms with van der Waals surface area (Å²) in [7, 11) is 0. The van der Waals surface area contributed by atoms with E-state index in [1.165, 1.54) is 0 Å². The van der Waals surface area contributed by atoms with E-state index in [-0.39, 0.29) is 11.5 Å². The van der Waals surface area contributed by atoms with Gasteiger partial charge in [0.1, 0.15) is 11.6 Å². The van der Waals surface area contributed by atoms with E-state index in [4.69, 9.17) is 5.26 Å². The monoisotopic (exact) mass is 282 g/mol. The number of carbonyl (C=O) groups is 1. The van der Waals surface area contributed by atoms with Crippen molar-refractivity contribution in [1.29, 1.82) is 5.26 Å². The lowest BCUT2D eigenvalue weighted by Gasteiger charge is -2.06. The van der Waals surface area contributed by atoms with Crippen molar-refractivity contribution >= 4 is 29.0 Å². The van der Waals surface area contributed by atoms with Crippen LogP contribution in [0.3, 0.4) is 0 Å². The summed E-state index contributed by atoms with van der Waals surface area (Å²) in [6.07, 6.45) is 1.62. The van der Waals surface area contributed by atoms with Crippen LogP contribution in [0.5, 0.6) is 0 Å². The third-order valence-corrected chi connectivity index (χ3v) is 3.75. The minimum atomic E-state index is -0.382. The molecule has 0 aliphatic rings. The van der Waals surface area contributed by atoms with Crippen LogP contribution in [0, 0.1) is 25.2 Å². The summed E-state index contributed by atoms with van der Waals surface area (Å²) < 4.78 is 0. The van der Waals surface area contributed by atoms with Gasteiger partial charge in [-0.3, -0.25) is 4.79 Å². The van der Waals surface area contributed by atoms with Gasteiger partial charge < -0.3 is 5.32 Å². The summed E-state index contributed by atoms with van der Waals surface area (Å²) in [6, 6.07) is 13.3. The quantitative estimate of drug-likeness (QED) is 0.685. The van der Waals surface area contributed by atoms with Crippen LogP contribution >= 0.6 is 11.3 Å². The van der Waals surface area contributed by atoms with Gasteiger partial charge in [0.2, 0.25) is 0 Å². The number of aryl methyl sites for hydroxylation is 2. The Labute approximate surface area is 122 Å². The lowest BCUT2D eigenvalue weighted by Crippen LogP contribution is -2.14. The SMILES string of the molecule is Cc1ccc(C=C(C#N)C(=O)Nc2ccccc2C)s1. The maximum Gasteiger partial charge on any atom is 0.266 e. The predicted molar refractivity (Wildman–Crippen MR) is 82.5 cm³/mol. The molecule has 0 bridgehead atoms. The van der Waals surface area contributed by atoms with Crippen LogP contribution in [0.15, 0.2) is 42.0 Å². The third-order valence-electron chi connectivity index (χ3n) is 2.81. The summed E-state index contributed by atoms with van der Waals surface area (Å²) >= 11 is 1.55. The highest BCUT2D eigenvalue weighted by Gasteiger charge is 2.10. The Morgan fingerprint density at radius 1 is 1.25 bits per heavy atom. The number of nitrogens with one attached hydrogen (secondary N) is 1. The fourth-order valence-electron chi connectivity index (χ4n) is 1.72. The number of nitrogens with zero attached hydrogens (tertiary/aromatic N) is 1. The molecule has 4 heteroatoms. The average Bonchev–Trinajstić information content (AvgIpc) is 2.84. The van der Waals surface area contributed by atoms with Gasteiger partial charge in [0.05, 0.1) is 0 Å². The Bertz CT molecular complexity index is 707. The number of rotatable bonds is 3. The molecule has 1 heterocycles. The van der Waals surface area contributed by atoms with Crippen molar-refractivity contribution in [2.75, 3.05) is 5.32 Å². The van der Waals surface area contributed by atoms with E-state index in [2.05, 4.69) is 5.32 Å². The number of nitriles is 1. The Hall–Kier alpha value is -2.38. The van der Waals surface area contributed by atoms with Crippen molar-refractivity contribution in [3.05, 3.63) is 57.3 Å². The van der Waals surface area contributed by atoms with Crippen LogP contribution in [-0.4, -0.2) is 5.91 Å². The van der Waals surface area contributed by atoms with Gasteiger partial charge in [-0.1, -0.05) is 18.2 Å². The summed E-state index contributed by atoms with van der Waals surface area (Å²) in [6.45, 7) is 3.90. The second-order valence-corrected chi connectivity index (χ2v) is 5.71. The van der Waals surface area contributed by atoms with E-state index < -0.39 is 0 Å². The smallest absolute Gasteiger partial charge is 0.266 e. The highest BCUT2D eigenvalue weighted by atomic mass is 32.1. The zero-order chi connectivity index (χ0) is 14.5. The van der Waals surface area contributed by atoms with Gasteiger partial charge in [0.25, 0.3) is 5.91 Å². The van der Waals surface area contributed by atoms with Crippen molar-refractivity contribution in [2.24, 2.45) is 0 Å². The van der Waals surface area contributed by atoms with Crippen LogP contribution < -0.4 is 5.32 Å². The molecular weight excluding hydrogens is 268 g/mol. The third kappa shape index (κ3) is 3.34. The molecule has 0 radical (unpaired) electrons. The lowest BCUT2D eigenvalue weighted by molar-refractivity contribution is -0.112. The maximum atomic E-state index is 12.1. The van der Waals surface area contributed by atoms with Crippen molar-refractivity contribution in [3.8, 4) is 6.07 Å². The topological polar surface area (TPSA) is 52.9 Å². The molecule has 1 aromatic heterocycles. The van der Waals surface area contributed by atoms with Crippen LogP contribution in [0.1, 0.15) is 15.3 Å². The molecule has 0 saturated carbocycles. The summed E-state index contributed by atoms with van der Waals surface area (Å²) in [4.78, 5) is 14.2. The molecule has 100 valence electrons. The second-order valence-electron chi connectivity index (χ2n) is 4.39. The molecule has 2 rings (SSSR count). The molecule has 1 N–H and O–H groups in total. The van der Waals surface area contributed by atoms with Crippen molar-refractivity contribution in [1.82, 2.24) is 0 Å². The molecule has 3 nitrogen and oxygen atoms in total. The highest BCUT2D eigenvalue weighted by Crippen LogP contribution is 2.19.